The Balaban J connectivity index is 3.71. The van der Waals surface area contributed by atoms with Crippen molar-refractivity contribution in [3.8, 4) is 0 Å². The number of hydrogen-bond donors (Lipinski definition) is 2. The highest BCUT2D eigenvalue weighted by Gasteiger charge is 2.20. The lowest BCUT2D eigenvalue weighted by Gasteiger charge is -2.08. The molecule has 0 rings (SSSR count). The third-order valence-corrected chi connectivity index (χ3v) is 1.95. The second-order valence-corrected chi connectivity index (χ2v) is 3.17. The number of ether oxygens (including phenoxy) is 1. The van der Waals surface area contributed by atoms with Crippen LogP contribution in [-0.4, -0.2) is 28.8 Å². The molecule has 0 aromatic heterocycles. The van der Waals surface area contributed by atoms with E-state index in [0.717, 1.165) is 0 Å². The lowest BCUT2D eigenvalue weighted by atomic mass is 9.99. The molecule has 0 fully saturated rings. The molecule has 86 valence electrons. The summed E-state index contributed by atoms with van der Waals surface area (Å²) in [7, 11) is 0. The van der Waals surface area contributed by atoms with Crippen molar-refractivity contribution < 1.29 is 24.5 Å². The molecule has 0 amide bonds. The second-order valence-electron chi connectivity index (χ2n) is 3.17. The highest BCUT2D eigenvalue weighted by Crippen LogP contribution is 2.13. The highest BCUT2D eigenvalue weighted by molar-refractivity contribution is 5.77. The quantitative estimate of drug-likeness (QED) is 0.450. The van der Waals surface area contributed by atoms with Crippen molar-refractivity contribution in [1.82, 2.24) is 0 Å². The Kier molecular flexibility index (Phi) is 7.05. The SMILES string of the molecule is C=COCCCC[C@@H](CC(=O)O)C(=O)O. The maximum atomic E-state index is 10.6. The molecule has 0 aliphatic carbocycles. The zero-order chi connectivity index (χ0) is 11.7. The van der Waals surface area contributed by atoms with Gasteiger partial charge in [0, 0.05) is 0 Å². The first-order chi connectivity index (χ1) is 7.07. The molecule has 0 saturated carbocycles. The molecule has 0 aliphatic heterocycles. The molecule has 0 heterocycles. The van der Waals surface area contributed by atoms with Crippen LogP contribution in [0.15, 0.2) is 12.8 Å². The fourth-order valence-corrected chi connectivity index (χ4v) is 1.18. The molecule has 0 bridgehead atoms. The van der Waals surface area contributed by atoms with Gasteiger partial charge >= 0.3 is 11.9 Å². The summed E-state index contributed by atoms with van der Waals surface area (Å²) in [5.74, 6) is -2.93. The van der Waals surface area contributed by atoms with E-state index in [2.05, 4.69) is 6.58 Å². The van der Waals surface area contributed by atoms with Crippen LogP contribution in [0.5, 0.6) is 0 Å². The van der Waals surface area contributed by atoms with Gasteiger partial charge in [-0.05, 0) is 19.3 Å². The summed E-state index contributed by atoms with van der Waals surface area (Å²) >= 11 is 0. The van der Waals surface area contributed by atoms with Gasteiger partial charge in [0.2, 0.25) is 0 Å². The van der Waals surface area contributed by atoms with Crippen molar-refractivity contribution in [2.24, 2.45) is 5.92 Å². The number of carboxylic acid groups (broad SMARTS) is 2. The molecule has 0 saturated heterocycles. The van der Waals surface area contributed by atoms with Crippen molar-refractivity contribution in [2.45, 2.75) is 25.7 Å². The standard InChI is InChI=1S/C10H16O5/c1-2-15-6-4-3-5-8(10(13)14)7-9(11)12/h2,8H,1,3-7H2,(H,11,12)(H,13,14)/t8-/m0/s1. The molecule has 1 atom stereocenters. The number of carboxylic acids is 2. The van der Waals surface area contributed by atoms with Crippen LogP contribution in [0.4, 0.5) is 0 Å². The van der Waals surface area contributed by atoms with Gasteiger partial charge in [-0.3, -0.25) is 9.59 Å². The normalized spacial score (nSPS) is 11.7. The molecule has 15 heavy (non-hydrogen) atoms. The molecule has 0 radical (unpaired) electrons. The van der Waals surface area contributed by atoms with Gasteiger partial charge in [0.05, 0.1) is 25.2 Å². The van der Waals surface area contributed by atoms with Gasteiger partial charge in [-0.2, -0.15) is 0 Å². The van der Waals surface area contributed by atoms with Gasteiger partial charge in [-0.1, -0.05) is 6.58 Å². The molecular formula is C10H16O5. The summed E-state index contributed by atoms with van der Waals surface area (Å²) < 4.78 is 4.86. The largest absolute Gasteiger partial charge is 0.502 e. The zero-order valence-electron chi connectivity index (χ0n) is 8.52. The first-order valence-corrected chi connectivity index (χ1v) is 4.75. The number of carbonyl (C=O) groups is 2. The summed E-state index contributed by atoms with van der Waals surface area (Å²) in [6.07, 6.45) is 2.71. The lowest BCUT2D eigenvalue weighted by molar-refractivity contribution is -0.148. The number of aliphatic carboxylic acids is 2. The Hall–Kier alpha value is -1.52. The van der Waals surface area contributed by atoms with E-state index in [1.807, 2.05) is 0 Å². The van der Waals surface area contributed by atoms with Gasteiger partial charge in [-0.15, -0.1) is 0 Å². The first kappa shape index (κ1) is 13.5. The minimum Gasteiger partial charge on any atom is -0.502 e. The van der Waals surface area contributed by atoms with Crippen LogP contribution >= 0.6 is 0 Å². The fourth-order valence-electron chi connectivity index (χ4n) is 1.18. The summed E-state index contributed by atoms with van der Waals surface area (Å²) in [6, 6.07) is 0. The van der Waals surface area contributed by atoms with Crippen molar-refractivity contribution in [3.05, 3.63) is 12.8 Å². The number of rotatable bonds is 9. The van der Waals surface area contributed by atoms with E-state index in [1.54, 1.807) is 0 Å². The highest BCUT2D eigenvalue weighted by atomic mass is 16.5. The predicted octanol–water partition coefficient (Wildman–Crippen LogP) is 1.49. The first-order valence-electron chi connectivity index (χ1n) is 4.75. The van der Waals surface area contributed by atoms with E-state index in [4.69, 9.17) is 14.9 Å². The van der Waals surface area contributed by atoms with Crippen molar-refractivity contribution in [2.75, 3.05) is 6.61 Å². The molecule has 0 aromatic carbocycles. The van der Waals surface area contributed by atoms with Crippen molar-refractivity contribution in [1.29, 1.82) is 0 Å². The molecule has 5 heteroatoms. The van der Waals surface area contributed by atoms with E-state index < -0.39 is 17.9 Å². The van der Waals surface area contributed by atoms with Crippen LogP contribution in [0.1, 0.15) is 25.7 Å². The Morgan fingerprint density at radius 3 is 2.47 bits per heavy atom. The molecular weight excluding hydrogens is 200 g/mol. The molecule has 5 nitrogen and oxygen atoms in total. The molecule has 0 unspecified atom stereocenters. The fraction of sp³-hybridized carbons (Fsp3) is 0.600. The summed E-state index contributed by atoms with van der Waals surface area (Å²) in [4.78, 5) is 21.0. The summed E-state index contributed by atoms with van der Waals surface area (Å²) in [5.41, 5.74) is 0. The Labute approximate surface area is 88.4 Å². The summed E-state index contributed by atoms with van der Waals surface area (Å²) in [6.45, 7) is 3.86. The Morgan fingerprint density at radius 2 is 2.00 bits per heavy atom. The Bertz CT molecular complexity index is 224. The smallest absolute Gasteiger partial charge is 0.307 e. The molecule has 0 aromatic rings. The van der Waals surface area contributed by atoms with E-state index in [1.165, 1.54) is 6.26 Å². The number of unbranched alkanes of at least 4 members (excludes halogenated alkanes) is 1. The monoisotopic (exact) mass is 216 g/mol. The van der Waals surface area contributed by atoms with E-state index in [9.17, 15) is 9.59 Å². The number of hydrogen-bond acceptors (Lipinski definition) is 3. The van der Waals surface area contributed by atoms with Crippen LogP contribution in [0.2, 0.25) is 0 Å². The van der Waals surface area contributed by atoms with Gasteiger partial charge in [0.1, 0.15) is 0 Å². The molecule has 0 aliphatic rings. The average molecular weight is 216 g/mol. The van der Waals surface area contributed by atoms with Crippen LogP contribution in [-0.2, 0) is 14.3 Å². The minimum absolute atomic E-state index is 0.322. The van der Waals surface area contributed by atoms with Crippen LogP contribution in [0.25, 0.3) is 0 Å². The van der Waals surface area contributed by atoms with E-state index in [-0.39, 0.29) is 6.42 Å². The predicted molar refractivity (Wildman–Crippen MR) is 53.4 cm³/mol. The van der Waals surface area contributed by atoms with E-state index in [0.29, 0.717) is 25.9 Å². The van der Waals surface area contributed by atoms with Crippen LogP contribution in [0, 0.1) is 5.92 Å². The topological polar surface area (TPSA) is 83.8 Å². The van der Waals surface area contributed by atoms with E-state index >= 15 is 0 Å². The minimum atomic E-state index is -1.08. The maximum absolute atomic E-state index is 10.6. The summed E-state index contributed by atoms with van der Waals surface area (Å²) in [5, 5.41) is 17.2. The third-order valence-electron chi connectivity index (χ3n) is 1.95. The Morgan fingerprint density at radius 1 is 1.33 bits per heavy atom. The van der Waals surface area contributed by atoms with Crippen LogP contribution in [0.3, 0.4) is 0 Å². The van der Waals surface area contributed by atoms with Gasteiger partial charge < -0.3 is 14.9 Å². The van der Waals surface area contributed by atoms with Gasteiger partial charge in [0.15, 0.2) is 0 Å². The van der Waals surface area contributed by atoms with Crippen LogP contribution < -0.4 is 0 Å². The lowest BCUT2D eigenvalue weighted by Crippen LogP contribution is -2.17. The third kappa shape index (κ3) is 7.54. The van der Waals surface area contributed by atoms with Crippen molar-refractivity contribution in [3.63, 3.8) is 0 Å². The zero-order valence-corrected chi connectivity index (χ0v) is 8.52. The molecule has 0 spiro atoms. The van der Waals surface area contributed by atoms with Gasteiger partial charge in [0.25, 0.3) is 0 Å². The second kappa shape index (κ2) is 7.84. The van der Waals surface area contributed by atoms with Crippen molar-refractivity contribution >= 4 is 11.9 Å². The average Bonchev–Trinajstić information content (AvgIpc) is 2.15. The van der Waals surface area contributed by atoms with Gasteiger partial charge in [-0.25, -0.2) is 0 Å². The molecule has 2 N–H and O–H groups in total. The maximum Gasteiger partial charge on any atom is 0.307 e.